The van der Waals surface area contributed by atoms with Gasteiger partial charge in [-0.25, -0.2) is 14.6 Å². The minimum atomic E-state index is -1.04. The largest absolute Gasteiger partial charge is 0.464 e. The highest BCUT2D eigenvalue weighted by Gasteiger charge is 2.12. The molecule has 0 aromatic carbocycles. The Morgan fingerprint density at radius 3 is 2.42 bits per heavy atom. The summed E-state index contributed by atoms with van der Waals surface area (Å²) in [6, 6.07) is 1.13. The van der Waals surface area contributed by atoms with Gasteiger partial charge >= 0.3 is 11.9 Å². The molecule has 8 nitrogen and oxygen atoms in total. The molecule has 1 aliphatic heterocycles. The lowest BCUT2D eigenvalue weighted by Gasteiger charge is -2.15. The van der Waals surface area contributed by atoms with Crippen LogP contribution in [0.1, 0.15) is 16.9 Å². The third-order valence-corrected chi connectivity index (χ3v) is 5.01. The minimum Gasteiger partial charge on any atom is -0.464 e. The fourth-order valence-electron chi connectivity index (χ4n) is 1.80. The topological polar surface area (TPSA) is 92.0 Å². The number of methoxy groups -OCH3 is 2. The lowest BCUT2D eigenvalue weighted by Crippen LogP contribution is -2.21. The van der Waals surface area contributed by atoms with E-state index in [9.17, 15) is 9.59 Å². The van der Waals surface area contributed by atoms with Gasteiger partial charge in [-0.1, -0.05) is 19.6 Å². The number of hydrogen-bond donors (Lipinski definition) is 0. The van der Waals surface area contributed by atoms with Crippen LogP contribution in [0.25, 0.3) is 0 Å². The molecule has 0 spiro atoms. The average molecular weight is 382 g/mol. The summed E-state index contributed by atoms with van der Waals surface area (Å²) in [4.78, 5) is 29.5. The van der Waals surface area contributed by atoms with Crippen molar-refractivity contribution >= 4 is 26.2 Å². The average Bonchev–Trinajstić information content (AvgIpc) is 3.29. The van der Waals surface area contributed by atoms with Gasteiger partial charge < -0.3 is 18.8 Å². The van der Waals surface area contributed by atoms with E-state index in [1.54, 1.807) is 29.4 Å². The highest BCUT2D eigenvalue weighted by Crippen LogP contribution is 2.08. The van der Waals surface area contributed by atoms with Crippen molar-refractivity contribution in [1.82, 2.24) is 9.55 Å². The molecule has 0 saturated heterocycles. The summed E-state index contributed by atoms with van der Waals surface area (Å²) in [7, 11) is 1.65. The van der Waals surface area contributed by atoms with E-state index in [0.29, 0.717) is 18.1 Å². The van der Waals surface area contributed by atoms with Crippen LogP contribution in [0.3, 0.4) is 0 Å². The Labute approximate surface area is 154 Å². The zero-order chi connectivity index (χ0) is 19.6. The van der Waals surface area contributed by atoms with Crippen LogP contribution in [0.15, 0.2) is 29.3 Å². The van der Waals surface area contributed by atoms with Crippen LogP contribution in [-0.2, 0) is 25.7 Å². The van der Waals surface area contributed by atoms with E-state index < -0.39 is 14.0 Å². The van der Waals surface area contributed by atoms with Crippen LogP contribution < -0.4 is 0 Å². The highest BCUT2D eigenvalue weighted by atomic mass is 28.3. The van der Waals surface area contributed by atoms with Crippen molar-refractivity contribution in [3.63, 3.8) is 0 Å². The van der Waals surface area contributed by atoms with Gasteiger partial charge in [0.15, 0.2) is 5.69 Å². The Kier molecular flexibility index (Phi) is 8.93. The number of aromatic nitrogens is 2. The summed E-state index contributed by atoms with van der Waals surface area (Å²) in [5.41, 5.74) is 0.721. The van der Waals surface area contributed by atoms with Gasteiger partial charge in [-0.05, 0) is 12.1 Å². The van der Waals surface area contributed by atoms with Crippen molar-refractivity contribution < 1.29 is 23.8 Å². The molecule has 2 rings (SSSR count). The van der Waals surface area contributed by atoms with Crippen molar-refractivity contribution in [2.45, 2.75) is 38.8 Å². The SMILES string of the molecule is COC(=O)C1=CCC=N1.COC(=O)c1cn(COCC[Si](C)(C)C)cn1. The lowest BCUT2D eigenvalue weighted by atomic mass is 10.4. The number of carbonyl (C=O) groups excluding carboxylic acids is 2. The zero-order valence-electron chi connectivity index (χ0n) is 16.0. The fourth-order valence-corrected chi connectivity index (χ4v) is 2.55. The molecular formula is C17H27N3O5Si. The number of aliphatic imine (C=N–C) groups is 1. The van der Waals surface area contributed by atoms with Crippen LogP contribution in [0.2, 0.25) is 25.7 Å². The van der Waals surface area contributed by atoms with Gasteiger partial charge in [-0.2, -0.15) is 0 Å². The Bertz CT molecular complexity index is 662. The predicted molar refractivity (Wildman–Crippen MR) is 101 cm³/mol. The van der Waals surface area contributed by atoms with Gasteiger partial charge in [0.2, 0.25) is 0 Å². The van der Waals surface area contributed by atoms with E-state index in [1.165, 1.54) is 14.2 Å². The number of esters is 2. The molecule has 0 bridgehead atoms. The van der Waals surface area contributed by atoms with Gasteiger partial charge in [-0.3, -0.25) is 4.99 Å². The van der Waals surface area contributed by atoms with Gasteiger partial charge in [0.25, 0.3) is 0 Å². The van der Waals surface area contributed by atoms with E-state index in [4.69, 9.17) is 4.74 Å². The molecule has 1 aliphatic rings. The maximum Gasteiger partial charge on any atom is 0.358 e. The van der Waals surface area contributed by atoms with Crippen LogP contribution in [0.4, 0.5) is 0 Å². The molecule has 0 amide bonds. The maximum atomic E-state index is 11.2. The summed E-state index contributed by atoms with van der Waals surface area (Å²) in [6.07, 6.45) is 7.34. The van der Waals surface area contributed by atoms with Gasteiger partial charge in [-0.15, -0.1) is 0 Å². The number of carbonyl (C=O) groups is 2. The summed E-state index contributed by atoms with van der Waals surface area (Å²) < 4.78 is 16.2. The molecule has 2 heterocycles. The van der Waals surface area contributed by atoms with Crippen molar-refractivity contribution in [2.24, 2.45) is 4.99 Å². The van der Waals surface area contributed by atoms with E-state index >= 15 is 0 Å². The van der Waals surface area contributed by atoms with Crippen molar-refractivity contribution in [2.75, 3.05) is 20.8 Å². The number of rotatable bonds is 7. The Morgan fingerprint density at radius 2 is 1.88 bits per heavy atom. The monoisotopic (exact) mass is 381 g/mol. The quantitative estimate of drug-likeness (QED) is 0.409. The number of nitrogens with zero attached hydrogens (tertiary/aromatic N) is 3. The van der Waals surface area contributed by atoms with Crippen LogP contribution in [-0.4, -0.2) is 56.6 Å². The summed E-state index contributed by atoms with van der Waals surface area (Å²) in [6.45, 7) is 8.10. The first-order chi connectivity index (χ1) is 12.3. The molecule has 0 aliphatic carbocycles. The molecule has 0 saturated carbocycles. The molecule has 0 fully saturated rings. The van der Waals surface area contributed by atoms with Crippen molar-refractivity contribution in [3.8, 4) is 0 Å². The predicted octanol–water partition coefficient (Wildman–Crippen LogP) is 2.50. The summed E-state index contributed by atoms with van der Waals surface area (Å²) in [5.74, 6) is -0.783. The smallest absolute Gasteiger partial charge is 0.358 e. The Balaban J connectivity index is 0.000000314. The van der Waals surface area contributed by atoms with Gasteiger partial charge in [0.1, 0.15) is 12.4 Å². The van der Waals surface area contributed by atoms with Crippen molar-refractivity contribution in [1.29, 1.82) is 0 Å². The molecule has 26 heavy (non-hydrogen) atoms. The standard InChI is InChI=1S/C11H20N2O3Si.C6H7NO2/c1-15-11(14)10-7-13(8-12-10)9-16-5-6-17(2,3)4;1-9-6(8)5-3-2-4-7-5/h7-8H,5-6,9H2,1-4H3;3-4H,2H2,1H3. The normalized spacial score (nSPS) is 12.9. The van der Waals surface area contributed by atoms with Gasteiger partial charge in [0, 0.05) is 33.5 Å². The van der Waals surface area contributed by atoms with E-state index in [0.717, 1.165) is 19.1 Å². The third-order valence-electron chi connectivity index (χ3n) is 3.31. The number of ether oxygens (including phenoxy) is 3. The second kappa shape index (κ2) is 10.7. The molecule has 0 atom stereocenters. The molecular weight excluding hydrogens is 354 g/mol. The molecule has 1 aromatic heterocycles. The maximum absolute atomic E-state index is 11.2. The first-order valence-corrected chi connectivity index (χ1v) is 12.0. The lowest BCUT2D eigenvalue weighted by molar-refractivity contribution is -0.136. The first kappa shape index (κ1) is 21.8. The summed E-state index contributed by atoms with van der Waals surface area (Å²) >= 11 is 0. The molecule has 9 heteroatoms. The second-order valence-electron chi connectivity index (χ2n) is 6.74. The molecule has 144 valence electrons. The minimum absolute atomic E-state index is 0.307. The number of imidazole rings is 1. The Hall–Kier alpha value is -2.26. The third kappa shape index (κ3) is 8.21. The number of allylic oxidation sites excluding steroid dienone is 1. The molecule has 0 radical (unpaired) electrons. The summed E-state index contributed by atoms with van der Waals surface area (Å²) in [5, 5.41) is 0. The highest BCUT2D eigenvalue weighted by molar-refractivity contribution is 6.76. The Morgan fingerprint density at radius 1 is 1.19 bits per heavy atom. The number of hydrogen-bond acceptors (Lipinski definition) is 7. The molecule has 0 N–H and O–H groups in total. The first-order valence-electron chi connectivity index (χ1n) is 8.25. The zero-order valence-corrected chi connectivity index (χ0v) is 17.0. The van der Waals surface area contributed by atoms with E-state index in [2.05, 4.69) is 39.1 Å². The van der Waals surface area contributed by atoms with E-state index in [1.807, 2.05) is 0 Å². The van der Waals surface area contributed by atoms with Crippen LogP contribution >= 0.6 is 0 Å². The van der Waals surface area contributed by atoms with Crippen molar-refractivity contribution in [3.05, 3.63) is 30.0 Å². The second-order valence-corrected chi connectivity index (χ2v) is 12.4. The van der Waals surface area contributed by atoms with Crippen LogP contribution in [0.5, 0.6) is 0 Å². The van der Waals surface area contributed by atoms with Gasteiger partial charge in [0.05, 0.1) is 20.5 Å². The van der Waals surface area contributed by atoms with Crippen LogP contribution in [0, 0.1) is 0 Å². The fraction of sp³-hybridized carbons (Fsp3) is 0.529. The molecule has 0 unspecified atom stereocenters. The molecule has 1 aromatic rings. The van der Waals surface area contributed by atoms with E-state index in [-0.39, 0.29) is 5.97 Å².